The molecule has 0 spiro atoms. The summed E-state index contributed by atoms with van der Waals surface area (Å²) in [6, 6.07) is 3.52. The SMILES string of the molecule is CCOc1cc2c(c(C(=O)O)c1)CC(N)C2. The number of carbonyl (C=O) groups is 1. The van der Waals surface area contributed by atoms with Gasteiger partial charge in [-0.1, -0.05) is 0 Å². The molecular weight excluding hydrogens is 206 g/mol. The third-order valence-electron chi connectivity index (χ3n) is 2.81. The largest absolute Gasteiger partial charge is 0.494 e. The van der Waals surface area contributed by atoms with Crippen LogP contribution in [0.1, 0.15) is 28.4 Å². The second-order valence-corrected chi connectivity index (χ2v) is 4.02. The number of benzene rings is 1. The van der Waals surface area contributed by atoms with Crippen LogP contribution in [-0.4, -0.2) is 23.7 Å². The van der Waals surface area contributed by atoms with Crippen LogP contribution in [0.2, 0.25) is 0 Å². The van der Waals surface area contributed by atoms with Gasteiger partial charge in [0.15, 0.2) is 0 Å². The first-order chi connectivity index (χ1) is 7.61. The molecule has 0 aromatic heterocycles. The second kappa shape index (κ2) is 4.14. The van der Waals surface area contributed by atoms with Crippen LogP contribution < -0.4 is 10.5 Å². The van der Waals surface area contributed by atoms with Crippen molar-refractivity contribution in [3.05, 3.63) is 28.8 Å². The van der Waals surface area contributed by atoms with Crippen LogP contribution in [-0.2, 0) is 12.8 Å². The molecule has 4 nitrogen and oxygen atoms in total. The standard InChI is InChI=1S/C12H15NO3/c1-2-16-9-4-7-3-8(13)5-10(7)11(6-9)12(14)15/h4,6,8H,2-3,5,13H2,1H3,(H,14,15). The quantitative estimate of drug-likeness (QED) is 0.804. The first-order valence-corrected chi connectivity index (χ1v) is 5.39. The molecule has 0 heterocycles. The molecule has 0 radical (unpaired) electrons. The molecule has 1 aromatic rings. The number of ether oxygens (including phenoxy) is 1. The Morgan fingerprint density at radius 1 is 1.56 bits per heavy atom. The maximum Gasteiger partial charge on any atom is 0.336 e. The van der Waals surface area contributed by atoms with Gasteiger partial charge in [0.25, 0.3) is 0 Å². The molecule has 0 saturated heterocycles. The lowest BCUT2D eigenvalue weighted by molar-refractivity contribution is 0.0695. The fraction of sp³-hybridized carbons (Fsp3) is 0.417. The highest BCUT2D eigenvalue weighted by atomic mass is 16.5. The van der Waals surface area contributed by atoms with Gasteiger partial charge in [-0.2, -0.15) is 0 Å². The zero-order valence-electron chi connectivity index (χ0n) is 9.19. The highest BCUT2D eigenvalue weighted by Gasteiger charge is 2.24. The zero-order chi connectivity index (χ0) is 11.7. The van der Waals surface area contributed by atoms with Crippen LogP contribution in [0, 0.1) is 0 Å². The lowest BCUT2D eigenvalue weighted by Gasteiger charge is -2.09. The number of carboxylic acid groups (broad SMARTS) is 1. The van der Waals surface area contributed by atoms with E-state index in [9.17, 15) is 4.79 Å². The van der Waals surface area contributed by atoms with Gasteiger partial charge in [0.05, 0.1) is 12.2 Å². The lowest BCUT2D eigenvalue weighted by Crippen LogP contribution is -2.19. The van der Waals surface area contributed by atoms with Gasteiger partial charge in [0.2, 0.25) is 0 Å². The van der Waals surface area contributed by atoms with Crippen molar-refractivity contribution in [3.63, 3.8) is 0 Å². The van der Waals surface area contributed by atoms with Crippen molar-refractivity contribution >= 4 is 5.97 Å². The molecule has 0 saturated carbocycles. The summed E-state index contributed by atoms with van der Waals surface area (Å²) in [5.74, 6) is -0.292. The smallest absolute Gasteiger partial charge is 0.336 e. The Balaban J connectivity index is 2.47. The van der Waals surface area contributed by atoms with Crippen molar-refractivity contribution in [2.75, 3.05) is 6.61 Å². The number of hydrogen-bond donors (Lipinski definition) is 2. The predicted octanol–water partition coefficient (Wildman–Crippen LogP) is 1.21. The zero-order valence-corrected chi connectivity index (χ0v) is 9.19. The maximum absolute atomic E-state index is 11.1. The molecule has 1 unspecified atom stereocenters. The monoisotopic (exact) mass is 221 g/mol. The second-order valence-electron chi connectivity index (χ2n) is 4.02. The summed E-state index contributed by atoms with van der Waals surface area (Å²) in [5, 5.41) is 9.13. The number of hydrogen-bond acceptors (Lipinski definition) is 3. The Kier molecular flexibility index (Phi) is 2.83. The van der Waals surface area contributed by atoms with E-state index in [1.807, 2.05) is 13.0 Å². The number of nitrogens with two attached hydrogens (primary N) is 1. The van der Waals surface area contributed by atoms with E-state index in [1.54, 1.807) is 6.07 Å². The minimum Gasteiger partial charge on any atom is -0.494 e. The molecule has 1 aliphatic rings. The minimum atomic E-state index is -0.910. The molecule has 1 atom stereocenters. The molecule has 16 heavy (non-hydrogen) atoms. The summed E-state index contributed by atoms with van der Waals surface area (Å²) < 4.78 is 5.35. The van der Waals surface area contributed by atoms with Gasteiger partial charge < -0.3 is 15.6 Å². The Bertz CT molecular complexity index is 429. The maximum atomic E-state index is 11.1. The van der Waals surface area contributed by atoms with Gasteiger partial charge in [0, 0.05) is 6.04 Å². The minimum absolute atomic E-state index is 0.0324. The molecule has 2 rings (SSSR count). The topological polar surface area (TPSA) is 72.5 Å². The van der Waals surface area contributed by atoms with E-state index >= 15 is 0 Å². The van der Waals surface area contributed by atoms with Gasteiger partial charge >= 0.3 is 5.97 Å². The summed E-state index contributed by atoms with van der Waals surface area (Å²) >= 11 is 0. The molecule has 1 aliphatic carbocycles. The van der Waals surface area contributed by atoms with Gasteiger partial charge in [0.1, 0.15) is 5.75 Å². The van der Waals surface area contributed by atoms with E-state index in [0.29, 0.717) is 24.3 Å². The number of rotatable bonds is 3. The van der Waals surface area contributed by atoms with E-state index in [-0.39, 0.29) is 6.04 Å². The Morgan fingerprint density at radius 2 is 2.31 bits per heavy atom. The molecule has 0 amide bonds. The fourth-order valence-electron chi connectivity index (χ4n) is 2.18. The van der Waals surface area contributed by atoms with E-state index in [0.717, 1.165) is 17.5 Å². The van der Waals surface area contributed by atoms with Crippen LogP contribution in [0.3, 0.4) is 0 Å². The van der Waals surface area contributed by atoms with Crippen molar-refractivity contribution in [2.24, 2.45) is 5.73 Å². The average molecular weight is 221 g/mol. The lowest BCUT2D eigenvalue weighted by atomic mass is 10.0. The van der Waals surface area contributed by atoms with Gasteiger partial charge in [-0.25, -0.2) is 4.79 Å². The normalized spacial score (nSPS) is 18.2. The summed E-state index contributed by atoms with van der Waals surface area (Å²) in [5.41, 5.74) is 8.05. The third kappa shape index (κ3) is 1.88. The number of aromatic carboxylic acids is 1. The Hall–Kier alpha value is -1.55. The summed E-state index contributed by atoms with van der Waals surface area (Å²) in [6.45, 7) is 2.41. The Labute approximate surface area is 94.0 Å². The predicted molar refractivity (Wildman–Crippen MR) is 60.0 cm³/mol. The molecule has 0 aliphatic heterocycles. The summed E-state index contributed by atoms with van der Waals surface area (Å²) in [4.78, 5) is 11.1. The molecular formula is C12H15NO3. The molecule has 4 heteroatoms. The van der Waals surface area contributed by atoms with Gasteiger partial charge in [-0.3, -0.25) is 0 Å². The summed E-state index contributed by atoms with van der Waals surface area (Å²) in [6.07, 6.45) is 1.37. The Morgan fingerprint density at radius 3 is 2.94 bits per heavy atom. The van der Waals surface area contributed by atoms with Crippen LogP contribution in [0.5, 0.6) is 5.75 Å². The van der Waals surface area contributed by atoms with Crippen molar-refractivity contribution < 1.29 is 14.6 Å². The van der Waals surface area contributed by atoms with Crippen molar-refractivity contribution in [2.45, 2.75) is 25.8 Å². The van der Waals surface area contributed by atoms with Crippen molar-refractivity contribution in [1.29, 1.82) is 0 Å². The van der Waals surface area contributed by atoms with E-state index in [4.69, 9.17) is 15.6 Å². The van der Waals surface area contributed by atoms with Gasteiger partial charge in [-0.15, -0.1) is 0 Å². The van der Waals surface area contributed by atoms with Gasteiger partial charge in [-0.05, 0) is 43.0 Å². The van der Waals surface area contributed by atoms with E-state index in [1.165, 1.54) is 0 Å². The van der Waals surface area contributed by atoms with Crippen LogP contribution in [0.4, 0.5) is 0 Å². The highest BCUT2D eigenvalue weighted by molar-refractivity contribution is 5.90. The van der Waals surface area contributed by atoms with Crippen molar-refractivity contribution in [1.82, 2.24) is 0 Å². The van der Waals surface area contributed by atoms with Crippen molar-refractivity contribution in [3.8, 4) is 5.75 Å². The molecule has 0 bridgehead atoms. The summed E-state index contributed by atoms with van der Waals surface area (Å²) in [7, 11) is 0. The molecule has 1 aromatic carbocycles. The van der Waals surface area contributed by atoms with E-state index < -0.39 is 5.97 Å². The first kappa shape index (κ1) is 11.0. The molecule has 0 fully saturated rings. The fourth-order valence-corrected chi connectivity index (χ4v) is 2.18. The number of carboxylic acids is 1. The van der Waals surface area contributed by atoms with E-state index in [2.05, 4.69) is 0 Å². The average Bonchev–Trinajstić information content (AvgIpc) is 2.57. The highest BCUT2D eigenvalue weighted by Crippen LogP contribution is 2.29. The van der Waals surface area contributed by atoms with Crippen LogP contribution in [0.25, 0.3) is 0 Å². The third-order valence-corrected chi connectivity index (χ3v) is 2.81. The molecule has 3 N–H and O–H groups in total. The molecule has 86 valence electrons. The van der Waals surface area contributed by atoms with Crippen LogP contribution in [0.15, 0.2) is 12.1 Å². The van der Waals surface area contributed by atoms with Crippen LogP contribution >= 0.6 is 0 Å². The first-order valence-electron chi connectivity index (χ1n) is 5.39. The number of fused-ring (bicyclic) bond motifs is 1.